The third kappa shape index (κ3) is 4.08. The van der Waals surface area contributed by atoms with Gasteiger partial charge in [-0.25, -0.2) is 9.78 Å². The molecule has 0 aromatic carbocycles. The minimum Gasteiger partial charge on any atom is -0.354 e. The van der Waals surface area contributed by atoms with Crippen molar-refractivity contribution in [1.82, 2.24) is 14.9 Å². The molecule has 1 amide bonds. The van der Waals surface area contributed by atoms with Gasteiger partial charge in [0.15, 0.2) is 0 Å². The highest BCUT2D eigenvalue weighted by molar-refractivity contribution is 5.75. The molecule has 0 saturated carbocycles. The van der Waals surface area contributed by atoms with Gasteiger partial charge in [0.25, 0.3) is 0 Å². The van der Waals surface area contributed by atoms with Crippen molar-refractivity contribution in [2.75, 3.05) is 6.54 Å². The Morgan fingerprint density at radius 1 is 1.62 bits per heavy atom. The molecule has 0 radical (unpaired) electrons. The smallest absolute Gasteiger partial charge is 0.347 e. The first kappa shape index (κ1) is 12.2. The number of nitrogens with zero attached hydrogens (tertiary/aromatic N) is 2. The maximum absolute atomic E-state index is 11.4. The Hall–Kier alpha value is -1.91. The molecule has 0 atom stereocenters. The zero-order valence-corrected chi connectivity index (χ0v) is 9.22. The number of hydrogen-bond donors (Lipinski definition) is 1. The summed E-state index contributed by atoms with van der Waals surface area (Å²) < 4.78 is 1.27. The summed E-state index contributed by atoms with van der Waals surface area (Å²) in [6.45, 7) is 2.53. The van der Waals surface area contributed by atoms with Gasteiger partial charge in [0.05, 0.1) is 0 Å². The average molecular weight is 221 g/mol. The average Bonchev–Trinajstić information content (AvgIpc) is 2.28. The molecule has 86 valence electrons. The molecule has 5 heteroatoms. The Morgan fingerprint density at radius 3 is 3.12 bits per heavy atom. The van der Waals surface area contributed by atoms with Crippen LogP contribution in [0.3, 0.4) is 0 Å². The zero-order valence-electron chi connectivity index (χ0n) is 9.22. The van der Waals surface area contributed by atoms with E-state index in [0.29, 0.717) is 6.54 Å². The molecule has 1 rings (SSSR count). The molecule has 0 unspecified atom stereocenters. The Bertz CT molecular complexity index is 423. The van der Waals surface area contributed by atoms with Gasteiger partial charge >= 0.3 is 5.69 Å². The Kier molecular flexibility index (Phi) is 4.98. The van der Waals surface area contributed by atoms with E-state index in [1.807, 2.05) is 19.1 Å². The molecule has 5 nitrogen and oxygen atoms in total. The normalized spacial score (nSPS) is 10.6. The van der Waals surface area contributed by atoms with E-state index in [1.165, 1.54) is 10.8 Å². The summed E-state index contributed by atoms with van der Waals surface area (Å²) in [5.74, 6) is -0.181. The summed E-state index contributed by atoms with van der Waals surface area (Å²) in [6.07, 6.45) is 7.64. The third-order valence-electron chi connectivity index (χ3n) is 1.97. The van der Waals surface area contributed by atoms with E-state index in [-0.39, 0.29) is 12.5 Å². The van der Waals surface area contributed by atoms with Crippen molar-refractivity contribution >= 4 is 5.91 Å². The summed E-state index contributed by atoms with van der Waals surface area (Å²) in [6, 6.07) is 1.62. The molecule has 1 N–H and O–H groups in total. The highest BCUT2D eigenvalue weighted by Crippen LogP contribution is 1.83. The predicted molar refractivity (Wildman–Crippen MR) is 60.9 cm³/mol. The molecular weight excluding hydrogens is 206 g/mol. The Labute approximate surface area is 93.8 Å². The molecular formula is C11H15N3O2. The molecule has 1 heterocycles. The SMILES string of the molecule is C/C=C/CCNC(=O)Cn1cccnc1=O. The Morgan fingerprint density at radius 2 is 2.44 bits per heavy atom. The summed E-state index contributed by atoms with van der Waals surface area (Å²) in [4.78, 5) is 26.2. The standard InChI is InChI=1S/C11H15N3O2/c1-2-3-4-6-12-10(15)9-14-8-5-7-13-11(14)16/h2-3,5,7-8H,4,6,9H2,1H3,(H,12,15)/b3-2+. The van der Waals surface area contributed by atoms with Gasteiger partial charge in [-0.15, -0.1) is 0 Å². The van der Waals surface area contributed by atoms with E-state index < -0.39 is 5.69 Å². The molecule has 1 aromatic rings. The molecule has 16 heavy (non-hydrogen) atoms. The van der Waals surface area contributed by atoms with Crippen molar-refractivity contribution in [1.29, 1.82) is 0 Å². The maximum atomic E-state index is 11.4. The topological polar surface area (TPSA) is 64.0 Å². The molecule has 0 spiro atoms. The third-order valence-corrected chi connectivity index (χ3v) is 1.97. The quantitative estimate of drug-likeness (QED) is 0.575. The van der Waals surface area contributed by atoms with Crippen LogP contribution >= 0.6 is 0 Å². The fraction of sp³-hybridized carbons (Fsp3) is 0.364. The number of allylic oxidation sites excluding steroid dienone is 1. The van der Waals surface area contributed by atoms with E-state index in [0.717, 1.165) is 6.42 Å². The van der Waals surface area contributed by atoms with Gasteiger partial charge in [-0.2, -0.15) is 0 Å². The molecule has 0 bridgehead atoms. The second kappa shape index (κ2) is 6.55. The highest BCUT2D eigenvalue weighted by atomic mass is 16.2. The number of amides is 1. The van der Waals surface area contributed by atoms with Crippen molar-refractivity contribution in [3.05, 3.63) is 41.1 Å². The van der Waals surface area contributed by atoms with E-state index in [1.54, 1.807) is 12.3 Å². The number of rotatable bonds is 5. The molecule has 0 fully saturated rings. The van der Waals surface area contributed by atoms with Gasteiger partial charge in [-0.1, -0.05) is 12.2 Å². The van der Waals surface area contributed by atoms with E-state index >= 15 is 0 Å². The zero-order chi connectivity index (χ0) is 11.8. The van der Waals surface area contributed by atoms with Crippen LogP contribution in [0.1, 0.15) is 13.3 Å². The number of carbonyl (C=O) groups excluding carboxylic acids is 1. The number of nitrogens with one attached hydrogen (secondary N) is 1. The van der Waals surface area contributed by atoms with Crippen LogP contribution in [0, 0.1) is 0 Å². The number of aromatic nitrogens is 2. The number of carbonyl (C=O) groups is 1. The molecule has 0 aliphatic heterocycles. The lowest BCUT2D eigenvalue weighted by molar-refractivity contribution is -0.121. The first-order chi connectivity index (χ1) is 7.74. The van der Waals surface area contributed by atoms with Crippen LogP contribution in [0.25, 0.3) is 0 Å². The van der Waals surface area contributed by atoms with E-state index in [2.05, 4.69) is 10.3 Å². The minimum atomic E-state index is -0.411. The van der Waals surface area contributed by atoms with E-state index in [4.69, 9.17) is 0 Å². The highest BCUT2D eigenvalue weighted by Gasteiger charge is 2.02. The summed E-state index contributed by atoms with van der Waals surface area (Å²) >= 11 is 0. The molecule has 0 saturated heterocycles. The monoisotopic (exact) mass is 221 g/mol. The number of hydrogen-bond acceptors (Lipinski definition) is 3. The molecule has 0 aliphatic carbocycles. The van der Waals surface area contributed by atoms with E-state index in [9.17, 15) is 9.59 Å². The fourth-order valence-corrected chi connectivity index (χ4v) is 1.18. The second-order valence-electron chi connectivity index (χ2n) is 3.24. The lowest BCUT2D eigenvalue weighted by Gasteiger charge is -2.04. The van der Waals surface area contributed by atoms with Gasteiger partial charge in [-0.05, 0) is 19.4 Å². The second-order valence-corrected chi connectivity index (χ2v) is 3.24. The van der Waals surface area contributed by atoms with Crippen LogP contribution in [0.15, 0.2) is 35.4 Å². The van der Waals surface area contributed by atoms with Gasteiger partial charge in [0.2, 0.25) is 5.91 Å². The van der Waals surface area contributed by atoms with Crippen molar-refractivity contribution in [3.63, 3.8) is 0 Å². The van der Waals surface area contributed by atoms with Crippen molar-refractivity contribution in [2.24, 2.45) is 0 Å². The molecule has 1 aromatic heterocycles. The van der Waals surface area contributed by atoms with Crippen LogP contribution < -0.4 is 11.0 Å². The summed E-state index contributed by atoms with van der Waals surface area (Å²) in [5.41, 5.74) is -0.411. The first-order valence-electron chi connectivity index (χ1n) is 5.13. The summed E-state index contributed by atoms with van der Waals surface area (Å²) in [7, 11) is 0. The summed E-state index contributed by atoms with van der Waals surface area (Å²) in [5, 5.41) is 2.72. The van der Waals surface area contributed by atoms with Crippen LogP contribution in [0.2, 0.25) is 0 Å². The van der Waals surface area contributed by atoms with Crippen molar-refractivity contribution < 1.29 is 4.79 Å². The largest absolute Gasteiger partial charge is 0.354 e. The lowest BCUT2D eigenvalue weighted by Crippen LogP contribution is -2.33. The van der Waals surface area contributed by atoms with Gasteiger partial charge in [0, 0.05) is 18.9 Å². The fourth-order valence-electron chi connectivity index (χ4n) is 1.18. The maximum Gasteiger partial charge on any atom is 0.347 e. The van der Waals surface area contributed by atoms with Crippen LogP contribution in [0.5, 0.6) is 0 Å². The lowest BCUT2D eigenvalue weighted by atomic mass is 10.4. The van der Waals surface area contributed by atoms with Gasteiger partial charge in [-0.3, -0.25) is 9.36 Å². The van der Waals surface area contributed by atoms with Crippen LogP contribution in [0.4, 0.5) is 0 Å². The predicted octanol–water partition coefficient (Wildman–Crippen LogP) is 0.326. The first-order valence-corrected chi connectivity index (χ1v) is 5.13. The van der Waals surface area contributed by atoms with Gasteiger partial charge < -0.3 is 5.32 Å². The molecule has 0 aliphatic rings. The van der Waals surface area contributed by atoms with Crippen LogP contribution in [-0.2, 0) is 11.3 Å². The van der Waals surface area contributed by atoms with Crippen molar-refractivity contribution in [3.8, 4) is 0 Å². The van der Waals surface area contributed by atoms with Crippen LogP contribution in [-0.4, -0.2) is 22.0 Å². The van der Waals surface area contributed by atoms with Gasteiger partial charge in [0.1, 0.15) is 6.54 Å². The Balaban J connectivity index is 2.40. The minimum absolute atomic E-state index is 0.0164. The van der Waals surface area contributed by atoms with Crippen molar-refractivity contribution in [2.45, 2.75) is 19.9 Å².